The highest BCUT2D eigenvalue weighted by molar-refractivity contribution is 5.94. The minimum absolute atomic E-state index is 0.0767. The molecule has 0 bridgehead atoms. The zero-order chi connectivity index (χ0) is 15.5. The van der Waals surface area contributed by atoms with Gasteiger partial charge in [-0.1, -0.05) is 6.07 Å². The van der Waals surface area contributed by atoms with E-state index in [-0.39, 0.29) is 5.91 Å². The minimum Gasteiger partial charge on any atom is -0.368 e. The second-order valence-corrected chi connectivity index (χ2v) is 5.79. The Hall–Kier alpha value is -2.36. The van der Waals surface area contributed by atoms with Crippen LogP contribution in [-0.4, -0.2) is 42.0 Å². The molecular formula is C18H21N3O. The first-order chi connectivity index (χ1) is 10.6. The van der Waals surface area contributed by atoms with Gasteiger partial charge >= 0.3 is 0 Å². The van der Waals surface area contributed by atoms with Crippen LogP contribution in [0.5, 0.6) is 0 Å². The number of anilines is 1. The van der Waals surface area contributed by atoms with Crippen molar-refractivity contribution in [2.24, 2.45) is 0 Å². The number of piperazine rings is 1. The first kappa shape index (κ1) is 14.6. The van der Waals surface area contributed by atoms with Gasteiger partial charge in [-0.25, -0.2) is 0 Å². The zero-order valence-corrected chi connectivity index (χ0v) is 13.1. The summed E-state index contributed by atoms with van der Waals surface area (Å²) in [6.45, 7) is 7.51. The maximum absolute atomic E-state index is 12.4. The van der Waals surface area contributed by atoms with Gasteiger partial charge in [0.25, 0.3) is 5.91 Å². The number of carbonyl (C=O) groups is 1. The average molecular weight is 295 g/mol. The molecule has 114 valence electrons. The number of amides is 1. The van der Waals surface area contributed by atoms with E-state index in [1.54, 1.807) is 18.5 Å². The smallest absolute Gasteiger partial charge is 0.255 e. The van der Waals surface area contributed by atoms with Gasteiger partial charge in [-0.2, -0.15) is 0 Å². The van der Waals surface area contributed by atoms with Crippen LogP contribution in [-0.2, 0) is 0 Å². The molecule has 3 rings (SSSR count). The largest absolute Gasteiger partial charge is 0.368 e. The summed E-state index contributed by atoms with van der Waals surface area (Å²) < 4.78 is 0. The monoisotopic (exact) mass is 295 g/mol. The average Bonchev–Trinajstić information content (AvgIpc) is 2.58. The number of benzene rings is 1. The number of aryl methyl sites for hydroxylation is 2. The zero-order valence-electron chi connectivity index (χ0n) is 13.1. The topological polar surface area (TPSA) is 36.4 Å². The van der Waals surface area contributed by atoms with Crippen molar-refractivity contribution >= 4 is 11.6 Å². The van der Waals surface area contributed by atoms with Crippen molar-refractivity contribution in [2.45, 2.75) is 13.8 Å². The van der Waals surface area contributed by atoms with Gasteiger partial charge in [0.1, 0.15) is 0 Å². The number of nitrogens with zero attached hydrogens (tertiary/aromatic N) is 3. The van der Waals surface area contributed by atoms with Crippen molar-refractivity contribution in [1.29, 1.82) is 0 Å². The fourth-order valence-electron chi connectivity index (χ4n) is 2.76. The predicted molar refractivity (Wildman–Crippen MR) is 88.3 cm³/mol. The van der Waals surface area contributed by atoms with E-state index in [0.717, 1.165) is 26.2 Å². The van der Waals surface area contributed by atoms with Crippen LogP contribution in [0.4, 0.5) is 5.69 Å². The molecule has 0 spiro atoms. The van der Waals surface area contributed by atoms with Crippen LogP contribution < -0.4 is 4.90 Å². The van der Waals surface area contributed by atoms with Crippen LogP contribution in [0.15, 0.2) is 42.7 Å². The van der Waals surface area contributed by atoms with E-state index in [2.05, 4.69) is 41.9 Å². The summed E-state index contributed by atoms with van der Waals surface area (Å²) in [6.07, 6.45) is 3.33. The molecule has 0 saturated carbocycles. The third-order valence-electron chi connectivity index (χ3n) is 4.33. The lowest BCUT2D eigenvalue weighted by molar-refractivity contribution is 0.0746. The second-order valence-electron chi connectivity index (χ2n) is 5.79. The van der Waals surface area contributed by atoms with E-state index >= 15 is 0 Å². The highest BCUT2D eigenvalue weighted by Crippen LogP contribution is 2.20. The van der Waals surface area contributed by atoms with Crippen molar-refractivity contribution in [3.05, 3.63) is 59.4 Å². The lowest BCUT2D eigenvalue weighted by atomic mass is 10.1. The van der Waals surface area contributed by atoms with Gasteiger partial charge in [-0.15, -0.1) is 0 Å². The van der Waals surface area contributed by atoms with Gasteiger partial charge in [0.05, 0.1) is 5.56 Å². The first-order valence-corrected chi connectivity index (χ1v) is 7.66. The van der Waals surface area contributed by atoms with Crippen LogP contribution in [0.25, 0.3) is 0 Å². The molecule has 2 heterocycles. The van der Waals surface area contributed by atoms with Gasteiger partial charge in [0.2, 0.25) is 0 Å². The highest BCUT2D eigenvalue weighted by atomic mass is 16.2. The third-order valence-corrected chi connectivity index (χ3v) is 4.33. The Morgan fingerprint density at radius 2 is 1.82 bits per heavy atom. The van der Waals surface area contributed by atoms with E-state index in [1.165, 1.54) is 16.8 Å². The van der Waals surface area contributed by atoms with Gasteiger partial charge in [-0.3, -0.25) is 9.78 Å². The molecule has 4 nitrogen and oxygen atoms in total. The molecule has 0 atom stereocenters. The minimum atomic E-state index is 0.0767. The third kappa shape index (κ3) is 2.96. The Balaban J connectivity index is 1.65. The van der Waals surface area contributed by atoms with Gasteiger partial charge in [0.15, 0.2) is 0 Å². The van der Waals surface area contributed by atoms with Gasteiger partial charge in [0, 0.05) is 44.3 Å². The molecule has 1 aliphatic heterocycles. The molecule has 22 heavy (non-hydrogen) atoms. The number of hydrogen-bond donors (Lipinski definition) is 0. The van der Waals surface area contributed by atoms with E-state index in [4.69, 9.17) is 0 Å². The molecule has 0 aliphatic carbocycles. The maximum Gasteiger partial charge on any atom is 0.255 e. The van der Waals surface area contributed by atoms with Crippen LogP contribution in [0.2, 0.25) is 0 Å². The van der Waals surface area contributed by atoms with E-state index in [9.17, 15) is 4.79 Å². The van der Waals surface area contributed by atoms with Crippen molar-refractivity contribution in [3.8, 4) is 0 Å². The Labute approximate surface area is 131 Å². The molecule has 1 aliphatic rings. The van der Waals surface area contributed by atoms with Crippen LogP contribution in [0, 0.1) is 13.8 Å². The Bertz CT molecular complexity index is 661. The molecule has 0 unspecified atom stereocenters. The number of aromatic nitrogens is 1. The summed E-state index contributed by atoms with van der Waals surface area (Å²) in [4.78, 5) is 20.7. The molecule has 0 radical (unpaired) electrons. The van der Waals surface area contributed by atoms with Crippen LogP contribution >= 0.6 is 0 Å². The molecule has 1 amide bonds. The summed E-state index contributed by atoms with van der Waals surface area (Å²) in [5.74, 6) is 0.0767. The van der Waals surface area contributed by atoms with Crippen molar-refractivity contribution in [3.63, 3.8) is 0 Å². The number of carbonyl (C=O) groups excluding carboxylic acids is 1. The Morgan fingerprint density at radius 1 is 1.05 bits per heavy atom. The number of hydrogen-bond acceptors (Lipinski definition) is 3. The molecular weight excluding hydrogens is 274 g/mol. The molecule has 0 N–H and O–H groups in total. The van der Waals surface area contributed by atoms with Gasteiger partial charge < -0.3 is 9.80 Å². The molecule has 4 heteroatoms. The summed E-state index contributed by atoms with van der Waals surface area (Å²) in [7, 11) is 0. The summed E-state index contributed by atoms with van der Waals surface area (Å²) in [6, 6.07) is 10.2. The number of rotatable bonds is 2. The Kier molecular flexibility index (Phi) is 4.09. The van der Waals surface area contributed by atoms with Crippen molar-refractivity contribution in [2.75, 3.05) is 31.1 Å². The van der Waals surface area contributed by atoms with Gasteiger partial charge in [-0.05, 0) is 49.2 Å². The summed E-state index contributed by atoms with van der Waals surface area (Å²) >= 11 is 0. The lowest BCUT2D eigenvalue weighted by Gasteiger charge is -2.36. The summed E-state index contributed by atoms with van der Waals surface area (Å²) in [5.41, 5.74) is 4.54. The first-order valence-electron chi connectivity index (χ1n) is 7.66. The quantitative estimate of drug-likeness (QED) is 0.854. The summed E-state index contributed by atoms with van der Waals surface area (Å²) in [5, 5.41) is 0. The molecule has 1 aromatic carbocycles. The fourth-order valence-corrected chi connectivity index (χ4v) is 2.76. The molecule has 2 aromatic rings. The van der Waals surface area contributed by atoms with Crippen LogP contribution in [0.1, 0.15) is 21.5 Å². The van der Waals surface area contributed by atoms with Crippen molar-refractivity contribution < 1.29 is 4.79 Å². The molecule has 1 fully saturated rings. The van der Waals surface area contributed by atoms with E-state index in [0.29, 0.717) is 5.56 Å². The maximum atomic E-state index is 12.4. The second kappa shape index (κ2) is 6.18. The van der Waals surface area contributed by atoms with Crippen molar-refractivity contribution in [1.82, 2.24) is 9.88 Å². The lowest BCUT2D eigenvalue weighted by Crippen LogP contribution is -2.48. The molecule has 1 aromatic heterocycles. The standard InChI is InChI=1S/C18H21N3O/c1-14-5-6-17(12-15(14)2)20-8-10-21(11-9-20)18(22)16-4-3-7-19-13-16/h3-7,12-13H,8-11H2,1-2H3. The van der Waals surface area contributed by atoms with E-state index in [1.807, 2.05) is 11.0 Å². The Morgan fingerprint density at radius 3 is 2.45 bits per heavy atom. The number of pyridine rings is 1. The fraction of sp³-hybridized carbons (Fsp3) is 0.333. The SMILES string of the molecule is Cc1ccc(N2CCN(C(=O)c3cccnc3)CC2)cc1C. The highest BCUT2D eigenvalue weighted by Gasteiger charge is 2.22. The molecule has 1 saturated heterocycles. The van der Waals surface area contributed by atoms with E-state index < -0.39 is 0 Å². The normalized spacial score (nSPS) is 15.0. The van der Waals surface area contributed by atoms with Crippen LogP contribution in [0.3, 0.4) is 0 Å². The predicted octanol–water partition coefficient (Wildman–Crippen LogP) is 2.66.